The van der Waals surface area contributed by atoms with Gasteiger partial charge in [0.25, 0.3) is 0 Å². The van der Waals surface area contributed by atoms with E-state index >= 15 is 0 Å². The molecule has 1 N–H and O–H groups in total. The van der Waals surface area contributed by atoms with Crippen molar-refractivity contribution in [3.8, 4) is 0 Å². The van der Waals surface area contributed by atoms with Gasteiger partial charge in [0.2, 0.25) is 0 Å². The Morgan fingerprint density at radius 2 is 1.79 bits per heavy atom. The van der Waals surface area contributed by atoms with Crippen molar-refractivity contribution in [3.05, 3.63) is 0 Å². The molecule has 0 unspecified atom stereocenters. The molecule has 0 saturated heterocycles. The van der Waals surface area contributed by atoms with Crippen molar-refractivity contribution in [2.24, 2.45) is 45.6 Å². The molecule has 0 bridgehead atoms. The van der Waals surface area contributed by atoms with Gasteiger partial charge in [0.1, 0.15) is 12.5 Å². The zero-order chi connectivity index (χ0) is 28.4. The van der Waals surface area contributed by atoms with E-state index in [2.05, 4.69) is 45.5 Å². The highest BCUT2D eigenvalue weighted by atomic mass is 19.1. The van der Waals surface area contributed by atoms with Crippen molar-refractivity contribution in [1.82, 2.24) is 10.2 Å². The Morgan fingerprint density at radius 1 is 1.05 bits per heavy atom. The number of nitrogens with one attached hydrogen (secondary N) is 1. The van der Waals surface area contributed by atoms with E-state index in [0.29, 0.717) is 42.0 Å². The van der Waals surface area contributed by atoms with Crippen LogP contribution in [0.1, 0.15) is 78.6 Å². The average Bonchev–Trinajstić information content (AvgIpc) is 3.23. The van der Waals surface area contributed by atoms with Gasteiger partial charge in [-0.3, -0.25) is 9.63 Å². The first-order valence-electron chi connectivity index (χ1n) is 15.5. The molecule has 8 heteroatoms. The van der Waals surface area contributed by atoms with Gasteiger partial charge in [0.05, 0.1) is 39.9 Å². The van der Waals surface area contributed by atoms with Crippen molar-refractivity contribution >= 4 is 17.6 Å². The van der Waals surface area contributed by atoms with E-state index in [1.165, 1.54) is 37.0 Å². The first-order valence-corrected chi connectivity index (χ1v) is 15.5. The maximum atomic E-state index is 13.2. The number of carbonyl (C=O) groups is 2. The molecule has 0 spiro atoms. The number of quaternary nitrogens is 1. The van der Waals surface area contributed by atoms with Crippen molar-refractivity contribution in [2.75, 3.05) is 60.5 Å². The number of nitrogens with zero attached hydrogens (tertiary/aromatic N) is 3. The summed E-state index contributed by atoms with van der Waals surface area (Å²) >= 11 is 0. The molecule has 0 aromatic rings. The number of likely N-dealkylation sites (N-methyl/N-ethyl adjacent to an activating group) is 1. The van der Waals surface area contributed by atoms with Gasteiger partial charge in [-0.2, -0.15) is 0 Å². The first-order chi connectivity index (χ1) is 18.4. The third-order valence-corrected chi connectivity index (χ3v) is 11.4. The number of Topliss-reactive ketones (excluding diaryl/α,β-unsaturated/α-hetero) is 1. The Bertz CT molecular complexity index is 920. The number of hydrogen-bond acceptors (Lipinski definition) is 5. The van der Waals surface area contributed by atoms with E-state index in [0.717, 1.165) is 60.8 Å². The summed E-state index contributed by atoms with van der Waals surface area (Å²) in [7, 11) is 6.41. The first kappa shape index (κ1) is 30.4. The lowest BCUT2D eigenvalue weighted by molar-refractivity contribution is -0.869. The lowest BCUT2D eigenvalue weighted by Gasteiger charge is -2.60. The molecule has 7 atom stereocenters. The molecule has 0 aromatic carbocycles. The van der Waals surface area contributed by atoms with Gasteiger partial charge in [0.15, 0.2) is 0 Å². The number of rotatable bonds is 10. The zero-order valence-corrected chi connectivity index (χ0v) is 25.4. The van der Waals surface area contributed by atoms with Crippen LogP contribution in [0.5, 0.6) is 0 Å². The van der Waals surface area contributed by atoms with E-state index < -0.39 is 12.8 Å². The van der Waals surface area contributed by atoms with Gasteiger partial charge in [-0.15, -0.1) is 0 Å². The molecule has 4 saturated carbocycles. The van der Waals surface area contributed by atoms with Gasteiger partial charge >= 0.3 is 6.09 Å². The summed E-state index contributed by atoms with van der Waals surface area (Å²) in [5, 5.41) is 7.69. The second-order valence-electron chi connectivity index (χ2n) is 14.6. The topological polar surface area (TPSA) is 71.0 Å². The van der Waals surface area contributed by atoms with Crippen LogP contribution in [0.25, 0.3) is 0 Å². The molecule has 1 amide bonds. The number of amides is 1. The second-order valence-corrected chi connectivity index (χ2v) is 14.6. The molecule has 4 aliphatic rings. The van der Waals surface area contributed by atoms with Crippen LogP contribution in [-0.2, 0) is 9.63 Å². The van der Waals surface area contributed by atoms with Gasteiger partial charge in [-0.1, -0.05) is 19.0 Å². The second kappa shape index (κ2) is 12.1. The summed E-state index contributed by atoms with van der Waals surface area (Å²) in [4.78, 5) is 31.8. The maximum absolute atomic E-state index is 13.2. The third-order valence-electron chi connectivity index (χ3n) is 11.4. The zero-order valence-electron chi connectivity index (χ0n) is 25.4. The van der Waals surface area contributed by atoms with Crippen LogP contribution in [-0.4, -0.2) is 87.5 Å². The standard InChI is InChI=1S/C31H54FN4O3/c1-22(34-39-29(38)35(18-15-32)19-16-33-17-20-36(4,5)6)26-9-10-27-25-8-7-23-21-24(37)11-13-30(23,2)28(25)12-14-31(26,27)3/h23,25-28,33H,7-21H2,1-6H3/q+1/b34-22+/t23-,25+,26-,27+,28+,30+,31-/m1/s1. The molecule has 4 fully saturated rings. The molecular formula is C31H54FN4O3+. The lowest BCUT2D eigenvalue weighted by Crippen LogP contribution is -2.53. The van der Waals surface area contributed by atoms with E-state index in [-0.39, 0.29) is 12.0 Å². The average molecular weight is 550 g/mol. The van der Waals surface area contributed by atoms with Crippen LogP contribution in [0.15, 0.2) is 5.16 Å². The Labute approximate surface area is 235 Å². The van der Waals surface area contributed by atoms with E-state index in [1.54, 1.807) is 0 Å². The molecule has 39 heavy (non-hydrogen) atoms. The number of alkyl halides is 1. The summed E-state index contributed by atoms with van der Waals surface area (Å²) in [6.07, 6.45) is 9.20. The van der Waals surface area contributed by atoms with Crippen LogP contribution in [0.4, 0.5) is 9.18 Å². The normalized spacial score (nSPS) is 36.6. The molecule has 0 radical (unpaired) electrons. The molecule has 222 valence electrons. The Morgan fingerprint density at radius 3 is 2.51 bits per heavy atom. The van der Waals surface area contributed by atoms with Crippen LogP contribution >= 0.6 is 0 Å². The monoisotopic (exact) mass is 549 g/mol. The Kier molecular flexibility index (Phi) is 9.47. The van der Waals surface area contributed by atoms with Gasteiger partial charge in [0, 0.05) is 38.4 Å². The largest absolute Gasteiger partial charge is 0.436 e. The summed E-state index contributed by atoms with van der Waals surface area (Å²) in [6.45, 7) is 9.15. The van der Waals surface area contributed by atoms with Crippen molar-refractivity contribution < 1.29 is 23.3 Å². The highest BCUT2D eigenvalue weighted by molar-refractivity contribution is 5.85. The van der Waals surface area contributed by atoms with E-state index in [9.17, 15) is 14.0 Å². The van der Waals surface area contributed by atoms with Gasteiger partial charge < -0.3 is 14.7 Å². The molecular weight excluding hydrogens is 495 g/mol. The molecule has 0 aliphatic heterocycles. The third kappa shape index (κ3) is 6.52. The fourth-order valence-electron chi connectivity index (χ4n) is 9.11. The molecule has 7 nitrogen and oxygen atoms in total. The highest BCUT2D eigenvalue weighted by Gasteiger charge is 2.60. The minimum absolute atomic E-state index is 0.0159. The SMILES string of the molecule is C/C(=N\OC(=O)N(CCF)CCNCC[N+](C)(C)C)[C@H]1CC[C@H]2[C@@H]3CC[C@@H]4CC(=O)CC[C@]4(C)[C@H]3CC[C@]12C. The quantitative estimate of drug-likeness (QED) is 0.132. The molecule has 0 heterocycles. The number of ketones is 1. The molecule has 4 aliphatic carbocycles. The van der Waals surface area contributed by atoms with Crippen molar-refractivity contribution in [3.63, 3.8) is 0 Å². The number of fused-ring (bicyclic) bond motifs is 5. The van der Waals surface area contributed by atoms with Crippen LogP contribution in [0, 0.1) is 40.4 Å². The van der Waals surface area contributed by atoms with E-state index in [1.807, 2.05) is 6.92 Å². The fourth-order valence-corrected chi connectivity index (χ4v) is 9.11. The fraction of sp³-hybridized carbons (Fsp3) is 0.903. The van der Waals surface area contributed by atoms with Gasteiger partial charge in [-0.05, 0) is 86.4 Å². The summed E-state index contributed by atoms with van der Waals surface area (Å²) in [5.41, 5.74) is 1.38. The van der Waals surface area contributed by atoms with Gasteiger partial charge in [-0.25, -0.2) is 9.18 Å². The molecule has 0 aromatic heterocycles. The van der Waals surface area contributed by atoms with Crippen molar-refractivity contribution in [1.29, 1.82) is 0 Å². The minimum atomic E-state index is -0.602. The summed E-state index contributed by atoms with van der Waals surface area (Å²) in [6, 6.07) is 0. The lowest BCUT2D eigenvalue weighted by atomic mass is 9.44. The van der Waals surface area contributed by atoms with E-state index in [4.69, 9.17) is 4.84 Å². The van der Waals surface area contributed by atoms with Crippen molar-refractivity contribution in [2.45, 2.75) is 78.6 Å². The maximum Gasteiger partial charge on any atom is 0.436 e. The van der Waals surface area contributed by atoms with Crippen LogP contribution < -0.4 is 5.32 Å². The smallest absolute Gasteiger partial charge is 0.330 e. The summed E-state index contributed by atoms with van der Waals surface area (Å²) in [5.74, 6) is 3.47. The Hall–Kier alpha value is -1.54. The summed E-state index contributed by atoms with van der Waals surface area (Å²) < 4.78 is 14.0. The number of oxime groups is 1. The number of halogens is 1. The van der Waals surface area contributed by atoms with Crippen LogP contribution in [0.3, 0.4) is 0 Å². The highest BCUT2D eigenvalue weighted by Crippen LogP contribution is 2.67. The predicted octanol–water partition coefficient (Wildman–Crippen LogP) is 5.29. The predicted molar refractivity (Wildman–Crippen MR) is 153 cm³/mol. The number of hydrogen-bond donors (Lipinski definition) is 1. The minimum Gasteiger partial charge on any atom is -0.330 e. The van der Waals surface area contributed by atoms with Crippen LogP contribution in [0.2, 0.25) is 0 Å². The number of carbonyl (C=O) groups excluding carboxylic acids is 2. The molecule has 4 rings (SSSR count). The Balaban J connectivity index is 1.34.